The molecule has 0 bridgehead atoms. The highest BCUT2D eigenvalue weighted by molar-refractivity contribution is 6.51. The predicted molar refractivity (Wildman–Crippen MR) is 112 cm³/mol. The van der Waals surface area contributed by atoms with Crippen LogP contribution in [0.5, 0.6) is 5.75 Å². The lowest BCUT2D eigenvalue weighted by molar-refractivity contribution is -0.132. The highest BCUT2D eigenvalue weighted by Gasteiger charge is 2.48. The average Bonchev–Trinajstić information content (AvgIpc) is 3.40. The van der Waals surface area contributed by atoms with Crippen LogP contribution in [0.15, 0.2) is 76.9 Å². The largest absolute Gasteiger partial charge is 0.507 e. The van der Waals surface area contributed by atoms with Gasteiger partial charge in [-0.05, 0) is 36.2 Å². The quantitative estimate of drug-likeness (QED) is 0.386. The van der Waals surface area contributed by atoms with E-state index in [1.54, 1.807) is 48.5 Å². The zero-order valence-corrected chi connectivity index (χ0v) is 16.7. The van der Waals surface area contributed by atoms with Crippen LogP contribution in [-0.4, -0.2) is 23.9 Å². The monoisotopic (exact) mass is 403 g/mol. The third-order valence-corrected chi connectivity index (χ3v) is 5.22. The van der Waals surface area contributed by atoms with Crippen molar-refractivity contribution in [2.24, 2.45) is 0 Å². The smallest absolute Gasteiger partial charge is 0.300 e. The van der Waals surface area contributed by atoms with Gasteiger partial charge in [0, 0.05) is 17.3 Å². The fourth-order valence-corrected chi connectivity index (χ4v) is 3.63. The van der Waals surface area contributed by atoms with Crippen molar-refractivity contribution < 1.29 is 23.8 Å². The topological polar surface area (TPSA) is 80.0 Å². The van der Waals surface area contributed by atoms with E-state index in [4.69, 9.17) is 9.15 Å². The Morgan fingerprint density at radius 2 is 1.87 bits per heavy atom. The first kappa shape index (κ1) is 19.5. The normalized spacial score (nSPS) is 18.1. The molecule has 152 valence electrons. The highest BCUT2D eigenvalue weighted by Crippen LogP contribution is 2.42. The fourth-order valence-electron chi connectivity index (χ4n) is 3.63. The van der Waals surface area contributed by atoms with Crippen molar-refractivity contribution in [3.63, 3.8) is 0 Å². The standard InChI is InChI=1S/C24H21NO5/c1-3-15-9-11-16(12-10-15)22(26)20-21(19-8-5-13-30-19)25(24(28)23(20)27)17-6-4-7-18(14-17)29-2/h4-14,21,26H,3H2,1-2H3/b22-20-. The second kappa shape index (κ2) is 7.91. The van der Waals surface area contributed by atoms with Gasteiger partial charge in [-0.1, -0.05) is 37.3 Å². The molecule has 1 aliphatic rings. The predicted octanol–water partition coefficient (Wildman–Crippen LogP) is 4.48. The van der Waals surface area contributed by atoms with Gasteiger partial charge in [0.05, 0.1) is 18.9 Å². The number of rotatable bonds is 5. The first-order valence-electron chi connectivity index (χ1n) is 9.63. The van der Waals surface area contributed by atoms with Crippen LogP contribution >= 0.6 is 0 Å². The number of aliphatic hydroxyl groups excluding tert-OH is 1. The first-order chi connectivity index (χ1) is 14.5. The van der Waals surface area contributed by atoms with E-state index in [0.29, 0.717) is 22.8 Å². The number of ketones is 1. The minimum atomic E-state index is -0.891. The Morgan fingerprint density at radius 3 is 2.50 bits per heavy atom. The third-order valence-electron chi connectivity index (χ3n) is 5.22. The van der Waals surface area contributed by atoms with Crippen molar-refractivity contribution in [2.45, 2.75) is 19.4 Å². The van der Waals surface area contributed by atoms with Crippen LogP contribution in [0, 0.1) is 0 Å². The Bertz CT molecular complexity index is 1110. The van der Waals surface area contributed by atoms with Gasteiger partial charge in [-0.25, -0.2) is 0 Å². The molecule has 6 nitrogen and oxygen atoms in total. The van der Waals surface area contributed by atoms with Crippen LogP contribution in [-0.2, 0) is 16.0 Å². The number of amides is 1. The minimum absolute atomic E-state index is 0.0120. The molecule has 30 heavy (non-hydrogen) atoms. The number of furan rings is 1. The van der Waals surface area contributed by atoms with Crippen molar-refractivity contribution >= 4 is 23.1 Å². The van der Waals surface area contributed by atoms with Crippen molar-refractivity contribution in [2.75, 3.05) is 12.0 Å². The maximum atomic E-state index is 13.0. The summed E-state index contributed by atoms with van der Waals surface area (Å²) < 4.78 is 10.8. The summed E-state index contributed by atoms with van der Waals surface area (Å²) in [5.41, 5.74) is 2.03. The maximum absolute atomic E-state index is 13.0. The zero-order valence-electron chi connectivity index (χ0n) is 16.7. The number of hydrogen-bond acceptors (Lipinski definition) is 5. The van der Waals surface area contributed by atoms with Gasteiger partial charge in [-0.3, -0.25) is 14.5 Å². The zero-order chi connectivity index (χ0) is 21.3. The second-order valence-electron chi connectivity index (χ2n) is 6.94. The van der Waals surface area contributed by atoms with E-state index in [1.807, 2.05) is 19.1 Å². The van der Waals surface area contributed by atoms with Gasteiger partial charge >= 0.3 is 0 Å². The molecule has 1 aromatic heterocycles. The van der Waals surface area contributed by atoms with Crippen LogP contribution in [0.3, 0.4) is 0 Å². The lowest BCUT2D eigenvalue weighted by atomic mass is 9.98. The number of benzene rings is 2. The molecule has 2 aromatic carbocycles. The molecule has 1 amide bonds. The van der Waals surface area contributed by atoms with Crippen molar-refractivity contribution in [1.29, 1.82) is 0 Å². The Morgan fingerprint density at radius 1 is 1.10 bits per heavy atom. The van der Waals surface area contributed by atoms with Crippen molar-refractivity contribution in [1.82, 2.24) is 0 Å². The molecule has 4 rings (SSSR count). The molecule has 0 spiro atoms. The minimum Gasteiger partial charge on any atom is -0.507 e. The third kappa shape index (κ3) is 3.26. The molecule has 6 heteroatoms. The van der Waals surface area contributed by atoms with E-state index < -0.39 is 17.7 Å². The number of carbonyl (C=O) groups is 2. The molecule has 1 unspecified atom stereocenters. The number of hydrogen-bond donors (Lipinski definition) is 1. The molecule has 3 aromatic rings. The molecule has 1 saturated heterocycles. The molecule has 1 fully saturated rings. The molecule has 0 saturated carbocycles. The summed E-state index contributed by atoms with van der Waals surface area (Å²) in [4.78, 5) is 27.3. The summed E-state index contributed by atoms with van der Waals surface area (Å²) >= 11 is 0. The molecule has 2 heterocycles. The summed E-state index contributed by atoms with van der Waals surface area (Å²) in [6, 6.07) is 16.6. The van der Waals surface area contributed by atoms with Crippen molar-refractivity contribution in [3.8, 4) is 5.75 Å². The van der Waals surface area contributed by atoms with Gasteiger partial charge in [-0.2, -0.15) is 0 Å². The fraction of sp³-hybridized carbons (Fsp3) is 0.167. The Kier molecular flexibility index (Phi) is 5.14. The number of Topliss-reactive ketones (excluding diaryl/α,β-unsaturated/α-hetero) is 1. The summed E-state index contributed by atoms with van der Waals surface area (Å²) in [6.07, 6.45) is 2.32. The summed E-state index contributed by atoms with van der Waals surface area (Å²) in [5.74, 6) is -0.818. The Labute approximate surface area is 174 Å². The van der Waals surface area contributed by atoms with E-state index in [-0.39, 0.29) is 11.3 Å². The van der Waals surface area contributed by atoms with Crippen LogP contribution in [0.4, 0.5) is 5.69 Å². The van der Waals surface area contributed by atoms with Gasteiger partial charge in [0.1, 0.15) is 23.3 Å². The highest BCUT2D eigenvalue weighted by atomic mass is 16.5. The molecular weight excluding hydrogens is 382 g/mol. The summed E-state index contributed by atoms with van der Waals surface area (Å²) in [7, 11) is 1.53. The molecule has 1 aliphatic heterocycles. The average molecular weight is 403 g/mol. The number of aliphatic hydroxyl groups is 1. The van der Waals surface area contributed by atoms with Gasteiger partial charge in [-0.15, -0.1) is 0 Å². The molecule has 0 aliphatic carbocycles. The van der Waals surface area contributed by atoms with Gasteiger partial charge in [0.2, 0.25) is 0 Å². The number of ether oxygens (including phenoxy) is 1. The SMILES string of the molecule is CCc1ccc(/C(O)=C2/C(=O)C(=O)N(c3cccc(OC)c3)C2c2ccco2)cc1. The van der Waals surface area contributed by atoms with E-state index in [0.717, 1.165) is 12.0 Å². The number of anilines is 1. The van der Waals surface area contributed by atoms with E-state index in [2.05, 4.69) is 0 Å². The number of aryl methyl sites for hydroxylation is 1. The molecule has 1 atom stereocenters. The number of methoxy groups -OCH3 is 1. The summed E-state index contributed by atoms with van der Waals surface area (Å²) in [5, 5.41) is 11.0. The maximum Gasteiger partial charge on any atom is 0.300 e. The van der Waals surface area contributed by atoms with Gasteiger partial charge in [0.15, 0.2) is 0 Å². The van der Waals surface area contributed by atoms with E-state index >= 15 is 0 Å². The van der Waals surface area contributed by atoms with Crippen LogP contribution in [0.1, 0.15) is 29.9 Å². The Hall–Kier alpha value is -3.80. The molecule has 1 N–H and O–H groups in total. The Balaban J connectivity index is 1.89. The van der Waals surface area contributed by atoms with E-state index in [9.17, 15) is 14.7 Å². The second-order valence-corrected chi connectivity index (χ2v) is 6.94. The van der Waals surface area contributed by atoms with Gasteiger partial charge in [0.25, 0.3) is 11.7 Å². The summed E-state index contributed by atoms with van der Waals surface area (Å²) in [6.45, 7) is 2.03. The van der Waals surface area contributed by atoms with Gasteiger partial charge < -0.3 is 14.3 Å². The van der Waals surface area contributed by atoms with E-state index in [1.165, 1.54) is 18.3 Å². The van der Waals surface area contributed by atoms with Crippen LogP contribution in [0.2, 0.25) is 0 Å². The number of carbonyl (C=O) groups excluding carboxylic acids is 2. The van der Waals surface area contributed by atoms with Crippen molar-refractivity contribution in [3.05, 3.63) is 89.4 Å². The van der Waals surface area contributed by atoms with Crippen LogP contribution < -0.4 is 9.64 Å². The first-order valence-corrected chi connectivity index (χ1v) is 9.63. The molecular formula is C24H21NO5. The van der Waals surface area contributed by atoms with Crippen LogP contribution in [0.25, 0.3) is 5.76 Å². The molecule has 0 radical (unpaired) electrons. The number of nitrogens with zero attached hydrogens (tertiary/aromatic N) is 1. The lowest BCUT2D eigenvalue weighted by Crippen LogP contribution is -2.29. The lowest BCUT2D eigenvalue weighted by Gasteiger charge is -2.23.